The van der Waals surface area contributed by atoms with Gasteiger partial charge in [-0.3, -0.25) is 0 Å². The highest BCUT2D eigenvalue weighted by Crippen LogP contribution is 2.22. The third-order valence-corrected chi connectivity index (χ3v) is 4.82. The second kappa shape index (κ2) is 12.6. The van der Waals surface area contributed by atoms with Crippen molar-refractivity contribution in [2.24, 2.45) is 5.73 Å². The monoisotopic (exact) mass is 285 g/mol. The van der Waals surface area contributed by atoms with Crippen LogP contribution in [0.15, 0.2) is 0 Å². The topological polar surface area (TPSA) is 35.2 Å². The first-order valence-corrected chi connectivity index (χ1v) is 8.91. The molecule has 2 unspecified atom stereocenters. The number of hydrogen-bond donors (Lipinski definition) is 1. The van der Waals surface area contributed by atoms with E-state index in [9.17, 15) is 0 Å². The van der Waals surface area contributed by atoms with E-state index >= 15 is 0 Å². The molecule has 0 aromatic heterocycles. The van der Waals surface area contributed by atoms with E-state index in [0.29, 0.717) is 0 Å². The summed E-state index contributed by atoms with van der Waals surface area (Å²) < 4.78 is 5.57. The second-order valence-corrected chi connectivity index (χ2v) is 6.45. The third-order valence-electron chi connectivity index (χ3n) is 4.82. The predicted molar refractivity (Wildman–Crippen MR) is 90.1 cm³/mol. The molecule has 0 aliphatic carbocycles. The molecule has 0 aromatic carbocycles. The van der Waals surface area contributed by atoms with Crippen molar-refractivity contribution >= 4 is 0 Å². The van der Waals surface area contributed by atoms with Crippen molar-refractivity contribution in [2.75, 3.05) is 7.11 Å². The van der Waals surface area contributed by atoms with Crippen LogP contribution >= 0.6 is 0 Å². The van der Waals surface area contributed by atoms with E-state index in [0.717, 1.165) is 12.8 Å². The van der Waals surface area contributed by atoms with Gasteiger partial charge in [0.15, 0.2) is 0 Å². The average Bonchev–Trinajstić information content (AvgIpc) is 2.48. The predicted octanol–water partition coefficient (Wildman–Crippen LogP) is 5.44. The summed E-state index contributed by atoms with van der Waals surface area (Å²) in [5, 5.41) is 0. The van der Waals surface area contributed by atoms with E-state index in [1.807, 2.05) is 0 Å². The molecule has 0 aromatic rings. The van der Waals surface area contributed by atoms with Crippen molar-refractivity contribution in [2.45, 2.75) is 109 Å². The SMILES string of the molecule is CCCCCCCCCCCCC(N)C(C)(CC)OC. The summed E-state index contributed by atoms with van der Waals surface area (Å²) in [4.78, 5) is 0. The second-order valence-electron chi connectivity index (χ2n) is 6.45. The van der Waals surface area contributed by atoms with Crippen molar-refractivity contribution in [1.82, 2.24) is 0 Å². The molecule has 0 spiro atoms. The van der Waals surface area contributed by atoms with Crippen LogP contribution < -0.4 is 5.73 Å². The van der Waals surface area contributed by atoms with Gasteiger partial charge in [0.2, 0.25) is 0 Å². The molecule has 0 radical (unpaired) electrons. The van der Waals surface area contributed by atoms with Gasteiger partial charge in [-0.15, -0.1) is 0 Å². The molecular weight excluding hydrogens is 246 g/mol. The molecule has 2 heteroatoms. The normalized spacial score (nSPS) is 16.1. The van der Waals surface area contributed by atoms with Gasteiger partial charge >= 0.3 is 0 Å². The number of nitrogens with two attached hydrogens (primary N) is 1. The molecule has 0 saturated carbocycles. The zero-order chi connectivity index (χ0) is 15.3. The van der Waals surface area contributed by atoms with Crippen LogP contribution in [0, 0.1) is 0 Å². The first kappa shape index (κ1) is 19.9. The molecule has 0 amide bonds. The molecule has 0 bridgehead atoms. The molecule has 122 valence electrons. The first-order valence-electron chi connectivity index (χ1n) is 8.91. The van der Waals surface area contributed by atoms with Crippen LogP contribution in [0.3, 0.4) is 0 Å². The van der Waals surface area contributed by atoms with Gasteiger partial charge in [-0.25, -0.2) is 0 Å². The van der Waals surface area contributed by atoms with Gasteiger partial charge in [-0.2, -0.15) is 0 Å². The summed E-state index contributed by atoms with van der Waals surface area (Å²) in [6.45, 7) is 6.56. The Hall–Kier alpha value is -0.0800. The molecule has 0 saturated heterocycles. The summed E-state index contributed by atoms with van der Waals surface area (Å²) in [5.41, 5.74) is 6.12. The maximum absolute atomic E-state index is 6.26. The molecule has 2 N–H and O–H groups in total. The van der Waals surface area contributed by atoms with Crippen LogP contribution in [0.1, 0.15) is 97.8 Å². The van der Waals surface area contributed by atoms with Gasteiger partial charge in [0.1, 0.15) is 0 Å². The molecule has 0 fully saturated rings. The van der Waals surface area contributed by atoms with E-state index < -0.39 is 0 Å². The van der Waals surface area contributed by atoms with E-state index in [4.69, 9.17) is 10.5 Å². The molecule has 0 rings (SSSR count). The van der Waals surface area contributed by atoms with E-state index in [-0.39, 0.29) is 11.6 Å². The fourth-order valence-electron chi connectivity index (χ4n) is 2.71. The lowest BCUT2D eigenvalue weighted by Gasteiger charge is -2.33. The standard InChI is InChI=1S/C18H39NO/c1-5-7-8-9-10-11-12-13-14-15-16-17(19)18(3,6-2)20-4/h17H,5-16,19H2,1-4H3. The smallest absolute Gasteiger partial charge is 0.0798 e. The van der Waals surface area contributed by atoms with Crippen LogP contribution in [0.2, 0.25) is 0 Å². The molecular formula is C18H39NO. The van der Waals surface area contributed by atoms with Crippen molar-refractivity contribution in [3.8, 4) is 0 Å². The molecule has 2 nitrogen and oxygen atoms in total. The lowest BCUT2D eigenvalue weighted by atomic mass is 9.89. The van der Waals surface area contributed by atoms with E-state index in [2.05, 4.69) is 20.8 Å². The Kier molecular flexibility index (Phi) is 12.6. The average molecular weight is 286 g/mol. The quantitative estimate of drug-likeness (QED) is 0.431. The fourth-order valence-corrected chi connectivity index (χ4v) is 2.71. The fraction of sp³-hybridized carbons (Fsp3) is 1.00. The van der Waals surface area contributed by atoms with Crippen molar-refractivity contribution in [3.05, 3.63) is 0 Å². The highest BCUT2D eigenvalue weighted by Gasteiger charge is 2.28. The maximum atomic E-state index is 6.26. The van der Waals surface area contributed by atoms with Crippen LogP contribution in [-0.2, 0) is 4.74 Å². The van der Waals surface area contributed by atoms with Gasteiger partial charge in [0.25, 0.3) is 0 Å². The largest absolute Gasteiger partial charge is 0.377 e. The Labute approximate surface area is 127 Å². The van der Waals surface area contributed by atoms with Gasteiger partial charge in [0.05, 0.1) is 5.60 Å². The molecule has 20 heavy (non-hydrogen) atoms. The molecule has 2 atom stereocenters. The zero-order valence-corrected chi connectivity index (χ0v) is 14.5. The van der Waals surface area contributed by atoms with Gasteiger partial charge in [-0.1, -0.05) is 78.1 Å². The van der Waals surface area contributed by atoms with Crippen molar-refractivity contribution in [3.63, 3.8) is 0 Å². The highest BCUT2D eigenvalue weighted by atomic mass is 16.5. The minimum atomic E-state index is -0.140. The Morgan fingerprint density at radius 1 is 0.850 bits per heavy atom. The Bertz CT molecular complexity index is 202. The lowest BCUT2D eigenvalue weighted by Crippen LogP contribution is -2.46. The van der Waals surface area contributed by atoms with Crippen molar-refractivity contribution < 1.29 is 4.74 Å². The van der Waals surface area contributed by atoms with Gasteiger partial charge in [-0.05, 0) is 19.8 Å². The maximum Gasteiger partial charge on any atom is 0.0798 e. The summed E-state index contributed by atoms with van der Waals surface area (Å²) in [6, 6.07) is 0.173. The number of rotatable bonds is 14. The number of ether oxygens (including phenoxy) is 1. The van der Waals surface area contributed by atoms with E-state index in [1.165, 1.54) is 64.2 Å². The minimum Gasteiger partial charge on any atom is -0.377 e. The van der Waals surface area contributed by atoms with Crippen molar-refractivity contribution in [1.29, 1.82) is 0 Å². The molecule has 0 aliphatic heterocycles. The minimum absolute atomic E-state index is 0.140. The van der Waals surface area contributed by atoms with Crippen LogP contribution in [0.4, 0.5) is 0 Å². The van der Waals surface area contributed by atoms with Crippen LogP contribution in [0.5, 0.6) is 0 Å². The summed E-state index contributed by atoms with van der Waals surface area (Å²) >= 11 is 0. The number of unbranched alkanes of at least 4 members (excludes halogenated alkanes) is 9. The van der Waals surface area contributed by atoms with Crippen LogP contribution in [0.25, 0.3) is 0 Å². The summed E-state index contributed by atoms with van der Waals surface area (Å²) in [6.07, 6.45) is 15.9. The number of hydrogen-bond acceptors (Lipinski definition) is 2. The third kappa shape index (κ3) is 8.97. The Morgan fingerprint density at radius 2 is 1.30 bits per heavy atom. The first-order chi connectivity index (χ1) is 9.60. The van der Waals surface area contributed by atoms with E-state index in [1.54, 1.807) is 7.11 Å². The summed E-state index contributed by atoms with van der Waals surface area (Å²) in [7, 11) is 1.78. The van der Waals surface area contributed by atoms with Gasteiger partial charge < -0.3 is 10.5 Å². The molecule has 0 aliphatic rings. The summed E-state index contributed by atoms with van der Waals surface area (Å²) in [5.74, 6) is 0. The zero-order valence-electron chi connectivity index (χ0n) is 14.5. The lowest BCUT2D eigenvalue weighted by molar-refractivity contribution is -0.0211. The molecule has 0 heterocycles. The number of methoxy groups -OCH3 is 1. The Morgan fingerprint density at radius 3 is 1.70 bits per heavy atom. The Balaban J connectivity index is 3.40. The van der Waals surface area contributed by atoms with Crippen LogP contribution in [-0.4, -0.2) is 18.8 Å². The van der Waals surface area contributed by atoms with Gasteiger partial charge in [0, 0.05) is 13.2 Å². The highest BCUT2D eigenvalue weighted by molar-refractivity contribution is 4.85.